The van der Waals surface area contributed by atoms with Crippen LogP contribution in [-0.2, 0) is 9.53 Å². The van der Waals surface area contributed by atoms with E-state index in [2.05, 4.69) is 38.2 Å². The second-order valence-electron chi connectivity index (χ2n) is 5.88. The average molecular weight is 290 g/mol. The number of rotatable bonds is 6. The van der Waals surface area contributed by atoms with E-state index in [1.54, 1.807) is 0 Å². The standard InChI is InChI=1S/C17H26N2O2/c1-5-21-11-10-19-16(14-9-7-6-8-13(14)4)18-15(12(2)3)17(19)20/h6-9,12,15-16,18H,5,10-11H2,1-4H3. The Balaban J connectivity index is 2.23. The Kier molecular flexibility index (Phi) is 5.37. The van der Waals surface area contributed by atoms with E-state index in [4.69, 9.17) is 4.74 Å². The van der Waals surface area contributed by atoms with Gasteiger partial charge in [-0.3, -0.25) is 10.1 Å². The van der Waals surface area contributed by atoms with Gasteiger partial charge in [-0.05, 0) is 30.9 Å². The minimum absolute atomic E-state index is 0.0495. The Morgan fingerprint density at radius 3 is 2.67 bits per heavy atom. The van der Waals surface area contributed by atoms with E-state index in [0.717, 1.165) is 0 Å². The van der Waals surface area contributed by atoms with Crippen LogP contribution in [0.3, 0.4) is 0 Å². The predicted octanol–water partition coefficient (Wildman–Crippen LogP) is 2.49. The van der Waals surface area contributed by atoms with Crippen LogP contribution in [0.25, 0.3) is 0 Å². The molecule has 1 aromatic rings. The Hall–Kier alpha value is -1.39. The van der Waals surface area contributed by atoms with Crippen molar-refractivity contribution in [1.82, 2.24) is 10.2 Å². The summed E-state index contributed by atoms with van der Waals surface area (Å²) in [7, 11) is 0. The second-order valence-corrected chi connectivity index (χ2v) is 5.88. The molecule has 21 heavy (non-hydrogen) atoms. The number of hydrogen-bond acceptors (Lipinski definition) is 3. The summed E-state index contributed by atoms with van der Waals surface area (Å²) < 4.78 is 5.43. The van der Waals surface area contributed by atoms with Gasteiger partial charge in [0.25, 0.3) is 0 Å². The number of carbonyl (C=O) groups is 1. The molecule has 2 atom stereocenters. The normalized spacial score (nSPS) is 22.3. The van der Waals surface area contributed by atoms with Crippen LogP contribution in [0.1, 0.15) is 38.1 Å². The summed E-state index contributed by atoms with van der Waals surface area (Å²) in [6, 6.07) is 8.12. The molecule has 0 spiro atoms. The first kappa shape index (κ1) is 16.0. The third kappa shape index (κ3) is 3.44. The molecular weight excluding hydrogens is 264 g/mol. The summed E-state index contributed by atoms with van der Waals surface area (Å²) in [5.41, 5.74) is 2.37. The van der Waals surface area contributed by atoms with Crippen LogP contribution in [0.15, 0.2) is 24.3 Å². The molecule has 4 heteroatoms. The zero-order valence-electron chi connectivity index (χ0n) is 13.4. The Morgan fingerprint density at radius 1 is 1.33 bits per heavy atom. The summed E-state index contributed by atoms with van der Waals surface area (Å²) in [5, 5.41) is 3.50. The van der Waals surface area contributed by atoms with E-state index in [1.165, 1.54) is 11.1 Å². The first-order valence-corrected chi connectivity index (χ1v) is 7.76. The highest BCUT2D eigenvalue weighted by Crippen LogP contribution is 2.29. The number of ether oxygens (including phenoxy) is 1. The van der Waals surface area contributed by atoms with Crippen molar-refractivity contribution in [3.05, 3.63) is 35.4 Å². The molecule has 0 bridgehead atoms. The maximum absolute atomic E-state index is 12.6. The van der Waals surface area contributed by atoms with E-state index in [0.29, 0.717) is 19.8 Å². The van der Waals surface area contributed by atoms with Crippen molar-refractivity contribution in [2.24, 2.45) is 5.92 Å². The molecule has 0 aromatic heterocycles. The largest absolute Gasteiger partial charge is 0.380 e. The second kappa shape index (κ2) is 7.05. The third-order valence-corrected chi connectivity index (χ3v) is 4.03. The summed E-state index contributed by atoms with van der Waals surface area (Å²) in [6.07, 6.45) is -0.0495. The first-order valence-electron chi connectivity index (χ1n) is 7.76. The van der Waals surface area contributed by atoms with Crippen LogP contribution in [-0.4, -0.2) is 36.6 Å². The quantitative estimate of drug-likeness (QED) is 0.818. The van der Waals surface area contributed by atoms with Gasteiger partial charge >= 0.3 is 0 Å². The fourth-order valence-corrected chi connectivity index (χ4v) is 2.81. The molecule has 1 aliphatic rings. The van der Waals surface area contributed by atoms with Crippen molar-refractivity contribution in [1.29, 1.82) is 0 Å². The Morgan fingerprint density at radius 2 is 2.05 bits per heavy atom. The van der Waals surface area contributed by atoms with Crippen molar-refractivity contribution in [2.45, 2.75) is 39.9 Å². The lowest BCUT2D eigenvalue weighted by Gasteiger charge is -2.25. The highest BCUT2D eigenvalue weighted by Gasteiger charge is 2.41. The van der Waals surface area contributed by atoms with Crippen molar-refractivity contribution >= 4 is 5.91 Å². The van der Waals surface area contributed by atoms with E-state index in [-0.39, 0.29) is 24.0 Å². The molecule has 1 heterocycles. The van der Waals surface area contributed by atoms with Crippen molar-refractivity contribution < 1.29 is 9.53 Å². The molecule has 116 valence electrons. The third-order valence-electron chi connectivity index (χ3n) is 4.03. The lowest BCUT2D eigenvalue weighted by Crippen LogP contribution is -2.35. The maximum Gasteiger partial charge on any atom is 0.241 e. The fraction of sp³-hybridized carbons (Fsp3) is 0.588. The van der Waals surface area contributed by atoms with Crippen LogP contribution >= 0.6 is 0 Å². The van der Waals surface area contributed by atoms with Gasteiger partial charge < -0.3 is 9.64 Å². The molecule has 0 radical (unpaired) electrons. The van der Waals surface area contributed by atoms with Gasteiger partial charge in [0.2, 0.25) is 5.91 Å². The molecule has 2 rings (SSSR count). The van der Waals surface area contributed by atoms with Crippen molar-refractivity contribution in [3.63, 3.8) is 0 Å². The lowest BCUT2D eigenvalue weighted by atomic mass is 10.0. The number of carbonyl (C=O) groups excluding carboxylic acids is 1. The number of amides is 1. The van der Waals surface area contributed by atoms with Gasteiger partial charge in [0.1, 0.15) is 6.17 Å². The Bertz CT molecular complexity index is 487. The van der Waals surface area contributed by atoms with E-state index < -0.39 is 0 Å². The predicted molar refractivity (Wildman–Crippen MR) is 83.9 cm³/mol. The SMILES string of the molecule is CCOCCN1C(=O)C(C(C)C)NC1c1ccccc1C. The summed E-state index contributed by atoms with van der Waals surface area (Å²) in [6.45, 7) is 10.1. The van der Waals surface area contributed by atoms with Crippen molar-refractivity contribution in [2.75, 3.05) is 19.8 Å². The minimum Gasteiger partial charge on any atom is -0.380 e. The highest BCUT2D eigenvalue weighted by atomic mass is 16.5. The molecule has 0 saturated carbocycles. The molecule has 1 amide bonds. The van der Waals surface area contributed by atoms with Gasteiger partial charge in [0.05, 0.1) is 12.6 Å². The molecular formula is C17H26N2O2. The van der Waals surface area contributed by atoms with Crippen LogP contribution in [0.4, 0.5) is 0 Å². The van der Waals surface area contributed by atoms with Crippen LogP contribution in [0, 0.1) is 12.8 Å². The van der Waals surface area contributed by atoms with E-state index in [1.807, 2.05) is 24.0 Å². The smallest absolute Gasteiger partial charge is 0.241 e. The number of nitrogens with zero attached hydrogens (tertiary/aromatic N) is 1. The van der Waals surface area contributed by atoms with Crippen LogP contribution in [0.2, 0.25) is 0 Å². The lowest BCUT2D eigenvalue weighted by molar-refractivity contribution is -0.131. The first-order chi connectivity index (χ1) is 10.1. The number of hydrogen-bond donors (Lipinski definition) is 1. The van der Waals surface area contributed by atoms with Gasteiger partial charge in [0.15, 0.2) is 0 Å². The van der Waals surface area contributed by atoms with Gasteiger partial charge in [-0.15, -0.1) is 0 Å². The van der Waals surface area contributed by atoms with Gasteiger partial charge in [-0.1, -0.05) is 38.1 Å². The molecule has 1 aliphatic heterocycles. The molecule has 2 unspecified atom stereocenters. The van der Waals surface area contributed by atoms with Gasteiger partial charge in [-0.2, -0.15) is 0 Å². The molecule has 4 nitrogen and oxygen atoms in total. The minimum atomic E-state index is -0.115. The maximum atomic E-state index is 12.6. The Labute approximate surface area is 127 Å². The van der Waals surface area contributed by atoms with E-state index >= 15 is 0 Å². The summed E-state index contributed by atoms with van der Waals surface area (Å²) in [4.78, 5) is 14.6. The monoisotopic (exact) mass is 290 g/mol. The average Bonchev–Trinajstić information content (AvgIpc) is 2.77. The van der Waals surface area contributed by atoms with E-state index in [9.17, 15) is 4.79 Å². The van der Waals surface area contributed by atoms with Crippen LogP contribution in [0.5, 0.6) is 0 Å². The zero-order chi connectivity index (χ0) is 15.4. The zero-order valence-corrected chi connectivity index (χ0v) is 13.4. The van der Waals surface area contributed by atoms with Gasteiger partial charge in [0, 0.05) is 13.2 Å². The fourth-order valence-electron chi connectivity index (χ4n) is 2.81. The van der Waals surface area contributed by atoms with Gasteiger partial charge in [-0.25, -0.2) is 0 Å². The number of aryl methyl sites for hydroxylation is 1. The number of nitrogens with one attached hydrogen (secondary N) is 1. The molecule has 1 saturated heterocycles. The summed E-state index contributed by atoms with van der Waals surface area (Å²) >= 11 is 0. The topological polar surface area (TPSA) is 41.6 Å². The molecule has 0 aliphatic carbocycles. The van der Waals surface area contributed by atoms with Crippen molar-refractivity contribution in [3.8, 4) is 0 Å². The molecule has 1 N–H and O–H groups in total. The number of benzene rings is 1. The summed E-state index contributed by atoms with van der Waals surface area (Å²) in [5.74, 6) is 0.457. The van der Waals surface area contributed by atoms with Crippen LogP contribution < -0.4 is 5.32 Å². The molecule has 1 aromatic carbocycles. The highest BCUT2D eigenvalue weighted by molar-refractivity contribution is 5.85. The molecule has 1 fully saturated rings.